The molecule has 1 aliphatic heterocycles. The van der Waals surface area contributed by atoms with Crippen LogP contribution in [0.5, 0.6) is 5.75 Å². The summed E-state index contributed by atoms with van der Waals surface area (Å²) in [5.74, 6) is -0.256. The van der Waals surface area contributed by atoms with Crippen molar-refractivity contribution in [2.24, 2.45) is 4.99 Å². The highest BCUT2D eigenvalue weighted by Crippen LogP contribution is 2.35. The number of anilines is 3. The Balaban J connectivity index is 1.13. The number of benzene rings is 3. The minimum atomic E-state index is -4.80. The van der Waals surface area contributed by atoms with Gasteiger partial charge in [-0.1, -0.05) is 36.0 Å². The number of carbonyl (C=O) groups excluding carboxylic acids is 3. The number of alkyl halides is 3. The first-order valence-electron chi connectivity index (χ1n) is 14.0. The Kier molecular flexibility index (Phi) is 9.43. The maximum absolute atomic E-state index is 12.8. The van der Waals surface area contributed by atoms with Crippen molar-refractivity contribution in [2.75, 3.05) is 21.3 Å². The quantitative estimate of drug-likeness (QED) is 0.265. The van der Waals surface area contributed by atoms with Crippen LogP contribution in [0.4, 0.5) is 39.8 Å². The van der Waals surface area contributed by atoms with Crippen LogP contribution in [0.25, 0.3) is 0 Å². The van der Waals surface area contributed by atoms with E-state index >= 15 is 0 Å². The molecule has 9 nitrogen and oxygen atoms in total. The first-order chi connectivity index (χ1) is 21.0. The molecule has 5 rings (SSSR count). The number of thioether (sulfide) groups is 1. The number of amides is 5. The van der Waals surface area contributed by atoms with E-state index in [1.165, 1.54) is 29.5 Å². The van der Waals surface area contributed by atoms with Gasteiger partial charge in [-0.15, -0.1) is 13.2 Å². The zero-order chi connectivity index (χ0) is 31.3. The zero-order valence-corrected chi connectivity index (χ0v) is 24.6. The summed E-state index contributed by atoms with van der Waals surface area (Å²) in [4.78, 5) is 43.7. The van der Waals surface area contributed by atoms with E-state index in [4.69, 9.17) is 0 Å². The lowest BCUT2D eigenvalue weighted by Gasteiger charge is -2.24. The van der Waals surface area contributed by atoms with Crippen LogP contribution in [0, 0.1) is 0 Å². The van der Waals surface area contributed by atoms with Crippen molar-refractivity contribution >= 4 is 52.0 Å². The molecule has 0 spiro atoms. The fourth-order valence-corrected chi connectivity index (χ4v) is 6.00. The molecule has 1 fully saturated rings. The monoisotopic (exact) mass is 625 g/mol. The summed E-state index contributed by atoms with van der Waals surface area (Å²) in [6.45, 7) is 1.85. The average Bonchev–Trinajstić information content (AvgIpc) is 3.33. The summed E-state index contributed by atoms with van der Waals surface area (Å²) in [6, 6.07) is 16.4. The highest BCUT2D eigenvalue weighted by atomic mass is 32.2. The second kappa shape index (κ2) is 13.4. The third-order valence-electron chi connectivity index (χ3n) is 7.04. The van der Waals surface area contributed by atoms with Crippen LogP contribution in [-0.4, -0.2) is 41.3 Å². The SMILES string of the molecule is CC(Cc1ccc(NC(=O)Nc2ccc(OC(F)(F)F)cc2)cc1)NC(=O)/N=C1\SCC(=O)N1c1cccc2c1CCCC2. The predicted molar refractivity (Wildman–Crippen MR) is 164 cm³/mol. The lowest BCUT2D eigenvalue weighted by atomic mass is 9.90. The zero-order valence-electron chi connectivity index (χ0n) is 23.7. The van der Waals surface area contributed by atoms with Crippen molar-refractivity contribution < 1.29 is 32.3 Å². The van der Waals surface area contributed by atoms with Gasteiger partial charge in [0.2, 0.25) is 5.91 Å². The van der Waals surface area contributed by atoms with Crippen molar-refractivity contribution in [1.29, 1.82) is 0 Å². The van der Waals surface area contributed by atoms with Crippen molar-refractivity contribution in [3.8, 4) is 5.75 Å². The number of aryl methyl sites for hydroxylation is 1. The van der Waals surface area contributed by atoms with E-state index in [0.717, 1.165) is 54.6 Å². The number of ether oxygens (including phenoxy) is 1. The van der Waals surface area contributed by atoms with Gasteiger partial charge < -0.3 is 20.7 Å². The van der Waals surface area contributed by atoms with Crippen LogP contribution in [0.3, 0.4) is 0 Å². The Labute approximate surface area is 256 Å². The van der Waals surface area contributed by atoms with Gasteiger partial charge in [0.15, 0.2) is 5.17 Å². The van der Waals surface area contributed by atoms with Gasteiger partial charge in [-0.25, -0.2) is 9.59 Å². The van der Waals surface area contributed by atoms with E-state index in [1.54, 1.807) is 29.2 Å². The first-order valence-corrected chi connectivity index (χ1v) is 15.0. The number of nitrogens with one attached hydrogen (secondary N) is 3. The summed E-state index contributed by atoms with van der Waals surface area (Å²) in [6.07, 6.45) is -0.231. The van der Waals surface area contributed by atoms with Gasteiger partial charge in [-0.05, 0) is 98.2 Å². The maximum Gasteiger partial charge on any atom is 0.573 e. The van der Waals surface area contributed by atoms with Gasteiger partial charge in [0.1, 0.15) is 5.75 Å². The molecule has 3 aromatic rings. The molecule has 1 aliphatic carbocycles. The van der Waals surface area contributed by atoms with E-state index in [0.29, 0.717) is 17.3 Å². The molecular weight excluding hydrogens is 595 g/mol. The third kappa shape index (κ3) is 8.10. The lowest BCUT2D eigenvalue weighted by molar-refractivity contribution is -0.274. The van der Waals surface area contributed by atoms with Crippen LogP contribution in [0.2, 0.25) is 0 Å². The summed E-state index contributed by atoms with van der Waals surface area (Å²) < 4.78 is 40.7. The predicted octanol–water partition coefficient (Wildman–Crippen LogP) is 6.88. The lowest BCUT2D eigenvalue weighted by Crippen LogP contribution is -2.35. The Bertz CT molecular complexity index is 1560. The Hall–Kier alpha value is -4.52. The fraction of sp³-hybridized carbons (Fsp3) is 0.290. The molecule has 0 saturated carbocycles. The van der Waals surface area contributed by atoms with Crippen LogP contribution in [0.1, 0.15) is 36.5 Å². The van der Waals surface area contributed by atoms with Crippen molar-refractivity contribution in [3.63, 3.8) is 0 Å². The molecule has 44 heavy (non-hydrogen) atoms. The molecule has 1 heterocycles. The smallest absolute Gasteiger partial charge is 0.406 e. The average molecular weight is 626 g/mol. The molecule has 0 aromatic heterocycles. The number of hydrogen-bond donors (Lipinski definition) is 3. The van der Waals surface area contributed by atoms with Crippen molar-refractivity contribution in [2.45, 2.75) is 51.4 Å². The summed E-state index contributed by atoms with van der Waals surface area (Å²) in [5.41, 5.74) is 4.89. The van der Waals surface area contributed by atoms with Gasteiger partial charge in [0.05, 0.1) is 11.4 Å². The first kappa shape index (κ1) is 30.9. The normalized spacial score (nSPS) is 16.3. The minimum Gasteiger partial charge on any atom is -0.406 e. The number of hydrogen-bond acceptors (Lipinski definition) is 5. The molecule has 0 radical (unpaired) electrons. The van der Waals surface area contributed by atoms with Crippen molar-refractivity contribution in [1.82, 2.24) is 5.32 Å². The Morgan fingerprint density at radius 3 is 2.32 bits per heavy atom. The van der Waals surface area contributed by atoms with Crippen molar-refractivity contribution in [3.05, 3.63) is 83.4 Å². The number of nitrogens with zero attached hydrogens (tertiary/aromatic N) is 2. The van der Waals surface area contributed by atoms with Crippen LogP contribution >= 0.6 is 11.8 Å². The van der Waals surface area contributed by atoms with E-state index < -0.39 is 24.2 Å². The molecule has 13 heteroatoms. The molecule has 2 aliphatic rings. The summed E-state index contributed by atoms with van der Waals surface area (Å²) in [7, 11) is 0. The van der Waals surface area contributed by atoms with Crippen LogP contribution in [-0.2, 0) is 24.1 Å². The van der Waals surface area contributed by atoms with E-state index in [9.17, 15) is 27.6 Å². The highest BCUT2D eigenvalue weighted by molar-refractivity contribution is 8.15. The van der Waals surface area contributed by atoms with Crippen LogP contribution < -0.4 is 25.6 Å². The topological polar surface area (TPSA) is 112 Å². The standard InChI is InChI=1S/C31H30F3N5O4S/c1-19(35-28(41)38-30-39(27(40)18-44-30)26-8-4-6-21-5-2-3-7-25(21)26)17-20-9-11-22(12-10-20)36-29(42)37-23-13-15-24(16-14-23)43-31(32,33)34/h4,6,8-16,19H,2-3,5,7,17-18H2,1H3,(H,35,41)(H2,36,37,42)/b38-30-. The second-order valence-corrected chi connectivity index (χ2v) is 11.4. The van der Waals surface area contributed by atoms with Gasteiger partial charge in [-0.3, -0.25) is 9.69 Å². The maximum atomic E-state index is 12.8. The minimum absolute atomic E-state index is 0.0932. The second-order valence-electron chi connectivity index (χ2n) is 10.4. The number of rotatable bonds is 7. The van der Waals surface area contributed by atoms with Gasteiger partial charge in [0.25, 0.3) is 0 Å². The van der Waals surface area contributed by atoms with Gasteiger partial charge in [-0.2, -0.15) is 4.99 Å². The van der Waals surface area contributed by atoms with E-state index in [2.05, 4.69) is 31.7 Å². The number of carbonyl (C=O) groups is 3. The van der Waals surface area contributed by atoms with E-state index in [-0.39, 0.29) is 23.4 Å². The summed E-state index contributed by atoms with van der Waals surface area (Å²) in [5, 5.41) is 8.43. The molecule has 1 atom stereocenters. The highest BCUT2D eigenvalue weighted by Gasteiger charge is 2.33. The molecular formula is C31H30F3N5O4S. The molecule has 1 saturated heterocycles. The largest absolute Gasteiger partial charge is 0.573 e. The molecule has 3 aromatic carbocycles. The number of amidine groups is 1. The molecule has 3 N–H and O–H groups in total. The molecule has 230 valence electrons. The number of fused-ring (bicyclic) bond motifs is 1. The molecule has 0 bridgehead atoms. The third-order valence-corrected chi connectivity index (χ3v) is 7.97. The van der Waals surface area contributed by atoms with Crippen LogP contribution in [0.15, 0.2) is 71.7 Å². The molecule has 1 unspecified atom stereocenters. The Morgan fingerprint density at radius 1 is 0.977 bits per heavy atom. The Morgan fingerprint density at radius 2 is 1.64 bits per heavy atom. The fourth-order valence-electron chi connectivity index (χ4n) is 5.14. The van der Waals surface area contributed by atoms with Gasteiger partial charge in [0, 0.05) is 17.4 Å². The number of aliphatic imine (C=N–C) groups is 1. The summed E-state index contributed by atoms with van der Waals surface area (Å²) >= 11 is 1.25. The molecule has 5 amide bonds. The number of halogens is 3. The number of urea groups is 2. The van der Waals surface area contributed by atoms with E-state index in [1.807, 2.05) is 19.1 Å². The van der Waals surface area contributed by atoms with Gasteiger partial charge >= 0.3 is 18.4 Å².